The van der Waals surface area contributed by atoms with Gasteiger partial charge in [0, 0.05) is 31.0 Å². The van der Waals surface area contributed by atoms with Gasteiger partial charge in [0.15, 0.2) is 0 Å². The van der Waals surface area contributed by atoms with E-state index in [9.17, 15) is 9.18 Å². The van der Waals surface area contributed by atoms with Crippen LogP contribution in [0.3, 0.4) is 0 Å². The SMILES string of the molecule is O=C(Cc1ccncc1)N1CCC[C@H](OCc2ccccc2F)C1. The first-order valence-corrected chi connectivity index (χ1v) is 8.24. The van der Waals surface area contributed by atoms with Crippen LogP contribution in [0.5, 0.6) is 0 Å². The first-order chi connectivity index (χ1) is 11.7. The van der Waals surface area contributed by atoms with Gasteiger partial charge in [0.25, 0.3) is 0 Å². The summed E-state index contributed by atoms with van der Waals surface area (Å²) in [6, 6.07) is 10.3. The van der Waals surface area contributed by atoms with Crippen molar-refractivity contribution in [1.82, 2.24) is 9.88 Å². The second-order valence-corrected chi connectivity index (χ2v) is 6.04. The van der Waals surface area contributed by atoms with Gasteiger partial charge in [-0.2, -0.15) is 0 Å². The second-order valence-electron chi connectivity index (χ2n) is 6.04. The summed E-state index contributed by atoms with van der Waals surface area (Å²) in [4.78, 5) is 18.2. The summed E-state index contributed by atoms with van der Waals surface area (Å²) in [6.45, 7) is 1.56. The van der Waals surface area contributed by atoms with E-state index in [1.807, 2.05) is 17.0 Å². The van der Waals surface area contributed by atoms with Gasteiger partial charge in [-0.3, -0.25) is 9.78 Å². The zero-order chi connectivity index (χ0) is 16.8. The molecule has 4 nitrogen and oxygen atoms in total. The van der Waals surface area contributed by atoms with Crippen molar-refractivity contribution in [3.8, 4) is 0 Å². The van der Waals surface area contributed by atoms with E-state index in [1.165, 1.54) is 6.07 Å². The van der Waals surface area contributed by atoms with Crippen LogP contribution in [0.4, 0.5) is 4.39 Å². The smallest absolute Gasteiger partial charge is 0.227 e. The largest absolute Gasteiger partial charge is 0.372 e. The molecule has 0 bridgehead atoms. The molecule has 0 saturated carbocycles. The molecule has 3 rings (SSSR count). The number of carbonyl (C=O) groups is 1. The Balaban J connectivity index is 1.52. The molecule has 24 heavy (non-hydrogen) atoms. The maximum absolute atomic E-state index is 13.6. The Morgan fingerprint density at radius 1 is 1.25 bits per heavy atom. The number of nitrogens with zero attached hydrogens (tertiary/aromatic N) is 2. The number of piperidine rings is 1. The number of ether oxygens (including phenoxy) is 1. The van der Waals surface area contributed by atoms with Gasteiger partial charge in [-0.15, -0.1) is 0 Å². The predicted octanol–water partition coefficient (Wildman–Crippen LogP) is 2.97. The maximum atomic E-state index is 13.6. The van der Waals surface area contributed by atoms with Gasteiger partial charge in [0.2, 0.25) is 5.91 Å². The van der Waals surface area contributed by atoms with Crippen molar-refractivity contribution in [3.05, 3.63) is 65.7 Å². The number of aromatic nitrogens is 1. The third kappa shape index (κ3) is 4.38. The molecule has 1 aliphatic heterocycles. The van der Waals surface area contributed by atoms with Gasteiger partial charge in [0.1, 0.15) is 5.82 Å². The highest BCUT2D eigenvalue weighted by atomic mass is 19.1. The van der Waals surface area contributed by atoms with Crippen molar-refractivity contribution >= 4 is 5.91 Å². The Bertz CT molecular complexity index is 678. The molecule has 2 heterocycles. The summed E-state index contributed by atoms with van der Waals surface area (Å²) in [5.74, 6) is -0.153. The lowest BCUT2D eigenvalue weighted by molar-refractivity contribution is -0.134. The van der Waals surface area contributed by atoms with E-state index in [-0.39, 0.29) is 24.4 Å². The Labute approximate surface area is 141 Å². The van der Waals surface area contributed by atoms with Crippen LogP contribution in [0.15, 0.2) is 48.8 Å². The average Bonchev–Trinajstić information content (AvgIpc) is 2.62. The normalized spacial score (nSPS) is 17.7. The number of hydrogen-bond acceptors (Lipinski definition) is 3. The highest BCUT2D eigenvalue weighted by Gasteiger charge is 2.24. The van der Waals surface area contributed by atoms with E-state index in [2.05, 4.69) is 4.98 Å². The van der Waals surface area contributed by atoms with Crippen molar-refractivity contribution in [2.24, 2.45) is 0 Å². The number of amides is 1. The van der Waals surface area contributed by atoms with E-state index in [0.29, 0.717) is 18.5 Å². The Kier molecular flexibility index (Phi) is 5.54. The van der Waals surface area contributed by atoms with E-state index in [4.69, 9.17) is 4.74 Å². The van der Waals surface area contributed by atoms with Crippen LogP contribution in [-0.4, -0.2) is 35.0 Å². The van der Waals surface area contributed by atoms with Crippen LogP contribution < -0.4 is 0 Å². The Morgan fingerprint density at radius 3 is 2.83 bits per heavy atom. The molecule has 1 saturated heterocycles. The lowest BCUT2D eigenvalue weighted by Crippen LogP contribution is -2.43. The van der Waals surface area contributed by atoms with Crippen LogP contribution >= 0.6 is 0 Å². The number of likely N-dealkylation sites (tertiary alicyclic amines) is 1. The molecule has 1 aromatic heterocycles. The van der Waals surface area contributed by atoms with Crippen LogP contribution in [0.25, 0.3) is 0 Å². The standard InChI is InChI=1S/C19H21FN2O2/c20-18-6-2-1-4-16(18)14-24-17-5-3-11-22(13-17)19(23)12-15-7-9-21-10-8-15/h1-2,4,6-10,17H,3,5,11-14H2/t17-/m0/s1. The second kappa shape index (κ2) is 8.02. The number of rotatable bonds is 5. The van der Waals surface area contributed by atoms with Crippen LogP contribution in [0.2, 0.25) is 0 Å². The molecule has 0 radical (unpaired) electrons. The van der Waals surface area contributed by atoms with Crippen molar-refractivity contribution in [3.63, 3.8) is 0 Å². The molecule has 0 unspecified atom stereocenters. The molecule has 1 fully saturated rings. The van der Waals surface area contributed by atoms with E-state index < -0.39 is 0 Å². The molecule has 1 atom stereocenters. The van der Waals surface area contributed by atoms with Gasteiger partial charge < -0.3 is 9.64 Å². The predicted molar refractivity (Wildman–Crippen MR) is 88.7 cm³/mol. The maximum Gasteiger partial charge on any atom is 0.227 e. The molecule has 0 N–H and O–H groups in total. The average molecular weight is 328 g/mol. The summed E-state index contributed by atoms with van der Waals surface area (Å²) < 4.78 is 19.5. The number of carbonyl (C=O) groups excluding carboxylic acids is 1. The molecule has 1 aliphatic rings. The minimum Gasteiger partial charge on any atom is -0.372 e. The fraction of sp³-hybridized carbons (Fsp3) is 0.368. The lowest BCUT2D eigenvalue weighted by Gasteiger charge is -2.33. The first-order valence-electron chi connectivity index (χ1n) is 8.24. The van der Waals surface area contributed by atoms with Gasteiger partial charge in [-0.05, 0) is 36.6 Å². The number of pyridine rings is 1. The molecule has 0 spiro atoms. The van der Waals surface area contributed by atoms with Crippen LogP contribution in [-0.2, 0) is 22.6 Å². The summed E-state index contributed by atoms with van der Waals surface area (Å²) >= 11 is 0. The highest BCUT2D eigenvalue weighted by Crippen LogP contribution is 2.17. The van der Waals surface area contributed by atoms with Crippen molar-refractivity contribution in [2.45, 2.75) is 32.0 Å². The fourth-order valence-corrected chi connectivity index (χ4v) is 2.91. The minimum absolute atomic E-state index is 0.0419. The molecule has 0 aliphatic carbocycles. The quantitative estimate of drug-likeness (QED) is 0.847. The molecule has 1 amide bonds. The van der Waals surface area contributed by atoms with Crippen molar-refractivity contribution < 1.29 is 13.9 Å². The summed E-state index contributed by atoms with van der Waals surface area (Å²) in [6.07, 6.45) is 5.53. The Hall–Kier alpha value is -2.27. The Morgan fingerprint density at radius 2 is 2.04 bits per heavy atom. The molecule has 2 aromatic rings. The third-order valence-electron chi connectivity index (χ3n) is 4.27. The summed E-state index contributed by atoms with van der Waals surface area (Å²) in [5.41, 5.74) is 1.52. The molecule has 126 valence electrons. The van der Waals surface area contributed by atoms with E-state index >= 15 is 0 Å². The van der Waals surface area contributed by atoms with Gasteiger partial charge >= 0.3 is 0 Å². The molecular weight excluding hydrogens is 307 g/mol. The molecule has 5 heteroatoms. The van der Waals surface area contributed by atoms with E-state index in [1.54, 1.807) is 30.6 Å². The van der Waals surface area contributed by atoms with Crippen LogP contribution in [0, 0.1) is 5.82 Å². The van der Waals surface area contributed by atoms with Gasteiger partial charge in [-0.1, -0.05) is 18.2 Å². The zero-order valence-corrected chi connectivity index (χ0v) is 13.5. The minimum atomic E-state index is -0.251. The summed E-state index contributed by atoms with van der Waals surface area (Å²) in [5, 5.41) is 0. The monoisotopic (exact) mass is 328 g/mol. The number of hydrogen-bond donors (Lipinski definition) is 0. The molecule has 1 aromatic carbocycles. The number of benzene rings is 1. The van der Waals surface area contributed by atoms with Crippen LogP contribution in [0.1, 0.15) is 24.0 Å². The zero-order valence-electron chi connectivity index (χ0n) is 13.5. The molecular formula is C19H21FN2O2. The van der Waals surface area contributed by atoms with Crippen molar-refractivity contribution in [1.29, 1.82) is 0 Å². The first kappa shape index (κ1) is 16.6. The highest BCUT2D eigenvalue weighted by molar-refractivity contribution is 5.78. The fourth-order valence-electron chi connectivity index (χ4n) is 2.91. The lowest BCUT2D eigenvalue weighted by atomic mass is 10.1. The third-order valence-corrected chi connectivity index (χ3v) is 4.27. The van der Waals surface area contributed by atoms with Gasteiger partial charge in [-0.25, -0.2) is 4.39 Å². The number of halogens is 1. The topological polar surface area (TPSA) is 42.4 Å². The van der Waals surface area contributed by atoms with E-state index in [0.717, 1.165) is 24.9 Å². The summed E-state index contributed by atoms with van der Waals surface area (Å²) in [7, 11) is 0. The van der Waals surface area contributed by atoms with Gasteiger partial charge in [0.05, 0.1) is 19.1 Å². The van der Waals surface area contributed by atoms with Crippen molar-refractivity contribution in [2.75, 3.05) is 13.1 Å².